The first-order valence-electron chi connectivity index (χ1n) is 13.1. The summed E-state index contributed by atoms with van der Waals surface area (Å²) >= 11 is 14.5. The standard InChI is InChI=1S/C27H18N3O4S2.C2H6.3CHNS.Ru/c1-14-13-35-25-15(2)23(36-24(14)25)4-3-16-5-7-28-19(9-16)21-11-18(27(33)34)12-22(30-21)20-10-17(26(31)32)6-8-29-20;1-2;3*2-1-3;/h5-7,9-13H,8H2,1-2H3,(H,31,32)(H,33,34);1-2H3;3*3H;/q-1;;;;;+4/p-3. The van der Waals surface area contributed by atoms with E-state index in [-0.39, 0.29) is 42.9 Å². The van der Waals surface area contributed by atoms with Gasteiger partial charge in [0.2, 0.25) is 0 Å². The van der Waals surface area contributed by atoms with Crippen LogP contribution in [0.3, 0.4) is 0 Å². The minimum Gasteiger partial charge on any atom is -0.696 e. The topological polar surface area (TPSA) is 186 Å². The van der Waals surface area contributed by atoms with E-state index in [4.69, 9.17) is 15.8 Å². The van der Waals surface area contributed by atoms with E-state index >= 15 is 0 Å². The number of fused-ring (bicyclic) bond motifs is 1. The van der Waals surface area contributed by atoms with Crippen LogP contribution in [0.25, 0.3) is 31.8 Å². The molecule has 0 aliphatic carbocycles. The summed E-state index contributed by atoms with van der Waals surface area (Å²) in [7, 11) is 0. The zero-order valence-electron chi connectivity index (χ0n) is 25.6. The summed E-state index contributed by atoms with van der Waals surface area (Å²) in [5.74, 6) is 4.24. The number of thiophene rings is 2. The van der Waals surface area contributed by atoms with Gasteiger partial charge in [0.15, 0.2) is 0 Å². The Morgan fingerprint density at radius 1 is 0.917 bits per heavy atom. The van der Waals surface area contributed by atoms with Crippen molar-refractivity contribution in [1.82, 2.24) is 9.97 Å². The second-order valence-electron chi connectivity index (χ2n) is 8.35. The smallest absolute Gasteiger partial charge is 0.696 e. The average molecular weight is 818 g/mol. The molecule has 0 amide bonds. The maximum atomic E-state index is 11.8. The van der Waals surface area contributed by atoms with Gasteiger partial charge in [0.1, 0.15) is 0 Å². The minimum atomic E-state index is -1.13. The second kappa shape index (κ2) is 22.9. The van der Waals surface area contributed by atoms with E-state index in [0.29, 0.717) is 17.1 Å². The Labute approximate surface area is 315 Å². The van der Waals surface area contributed by atoms with E-state index in [0.717, 1.165) is 10.4 Å². The summed E-state index contributed by atoms with van der Waals surface area (Å²) in [4.78, 5) is 33.1. The summed E-state index contributed by atoms with van der Waals surface area (Å²) in [6, 6.07) is 6.36. The fourth-order valence-corrected chi connectivity index (χ4v) is 6.11. The monoisotopic (exact) mass is 818 g/mol. The van der Waals surface area contributed by atoms with Crippen molar-refractivity contribution in [3.8, 4) is 39.4 Å². The van der Waals surface area contributed by atoms with Gasteiger partial charge in [-0.05, 0) is 54.6 Å². The number of nitrogens with zero attached hydrogens (tertiary/aromatic N) is 6. The molecule has 0 radical (unpaired) electrons. The number of thiocyanates is 3. The molecule has 2 N–H and O–H groups in total. The van der Waals surface area contributed by atoms with E-state index in [1.165, 1.54) is 61.0 Å². The molecule has 0 spiro atoms. The second-order valence-corrected chi connectivity index (χ2v) is 10.8. The molecule has 0 aromatic carbocycles. The first-order valence-corrected chi connectivity index (χ1v) is 16.0. The van der Waals surface area contributed by atoms with Gasteiger partial charge in [0, 0.05) is 26.9 Å². The number of aryl methyl sites for hydroxylation is 2. The number of rotatable bonds is 4. The summed E-state index contributed by atoms with van der Waals surface area (Å²) in [6.07, 6.45) is 4.47. The molecule has 5 heterocycles. The molecule has 4 aromatic rings. The number of pyridine rings is 2. The molecule has 0 bridgehead atoms. The van der Waals surface area contributed by atoms with Crippen molar-refractivity contribution in [3.63, 3.8) is 0 Å². The van der Waals surface area contributed by atoms with Crippen LogP contribution >= 0.6 is 22.7 Å². The number of nitriles is 3. The predicted octanol–water partition coefficient (Wildman–Crippen LogP) is 6.94. The van der Waals surface area contributed by atoms with Crippen molar-refractivity contribution in [3.05, 3.63) is 91.7 Å². The number of carboxylic acid groups (broad SMARTS) is 2. The molecule has 0 fully saturated rings. The Morgan fingerprint density at radius 3 is 2.08 bits per heavy atom. The third kappa shape index (κ3) is 12.6. The normalized spacial score (nSPS) is 10.2. The van der Waals surface area contributed by atoms with Gasteiger partial charge in [-0.25, -0.2) is 30.4 Å². The molecule has 4 aromatic heterocycles. The number of aromatic carboxylic acids is 1. The van der Waals surface area contributed by atoms with Crippen LogP contribution in [0.4, 0.5) is 0 Å². The maximum absolute atomic E-state index is 11.8. The molecule has 0 saturated carbocycles. The van der Waals surface area contributed by atoms with Gasteiger partial charge in [-0.1, -0.05) is 54.0 Å². The largest absolute Gasteiger partial charge is 4.00 e. The Bertz CT molecular complexity index is 1960. The maximum Gasteiger partial charge on any atom is 4.00 e. The van der Waals surface area contributed by atoms with E-state index in [2.05, 4.69) is 84.2 Å². The van der Waals surface area contributed by atoms with Gasteiger partial charge >= 0.3 is 31.4 Å². The van der Waals surface area contributed by atoms with Gasteiger partial charge in [0.25, 0.3) is 0 Å². The molecule has 0 atom stereocenters. The molecule has 5 rings (SSSR count). The van der Waals surface area contributed by atoms with Gasteiger partial charge in [-0.3, -0.25) is 4.98 Å². The van der Waals surface area contributed by atoms with Crippen molar-refractivity contribution in [2.24, 2.45) is 0 Å². The van der Waals surface area contributed by atoms with Crippen LogP contribution in [0, 0.1) is 57.7 Å². The van der Waals surface area contributed by atoms with Gasteiger partial charge < -0.3 is 53.4 Å². The Hall–Kier alpha value is -4.51. The molecular weight excluding hydrogens is 794 g/mol. The van der Waals surface area contributed by atoms with Crippen LogP contribution < -0.4 is 0 Å². The van der Waals surface area contributed by atoms with Gasteiger partial charge in [-0.15, -0.1) is 34.9 Å². The third-order valence-corrected chi connectivity index (χ3v) is 8.28. The van der Waals surface area contributed by atoms with E-state index in [9.17, 15) is 19.8 Å². The summed E-state index contributed by atoms with van der Waals surface area (Å²) in [5.41, 5.74) is 4.59. The summed E-state index contributed by atoms with van der Waals surface area (Å²) in [5, 5.41) is 50.8. The quantitative estimate of drug-likeness (QED) is 0.0937. The number of carbonyl (C=O) groups is 2. The van der Waals surface area contributed by atoms with E-state index < -0.39 is 11.9 Å². The number of carboxylic acids is 2. The Morgan fingerprint density at radius 2 is 1.52 bits per heavy atom. The van der Waals surface area contributed by atoms with E-state index in [1.54, 1.807) is 41.0 Å². The van der Waals surface area contributed by atoms with Crippen LogP contribution in [0.15, 0.2) is 53.6 Å². The molecule has 10 nitrogen and oxygen atoms in total. The molecule has 48 heavy (non-hydrogen) atoms. The van der Waals surface area contributed by atoms with Crippen LogP contribution in [0.2, 0.25) is 0 Å². The van der Waals surface area contributed by atoms with Crippen molar-refractivity contribution >= 4 is 87.6 Å². The number of aliphatic carboxylic acids is 1. The Kier molecular flexibility index (Phi) is 20.8. The van der Waals surface area contributed by atoms with Gasteiger partial charge in [-0.2, -0.15) is 0 Å². The number of aromatic nitrogens is 2. The molecule has 0 unspecified atom stereocenters. The van der Waals surface area contributed by atoms with Crippen molar-refractivity contribution in [2.75, 3.05) is 6.54 Å². The molecule has 0 saturated heterocycles. The third-order valence-electron chi connectivity index (χ3n) is 5.59. The molecular formula is C32H24N6O4RuS5. The predicted molar refractivity (Wildman–Crippen MR) is 192 cm³/mol. The van der Waals surface area contributed by atoms with Crippen molar-refractivity contribution in [1.29, 1.82) is 15.8 Å². The first kappa shape index (κ1) is 43.5. The fraction of sp³-hybridized carbons (Fsp3) is 0.156. The Balaban J connectivity index is 0.00000164. The number of hydrogen-bond acceptors (Lipinski definition) is 12. The van der Waals surface area contributed by atoms with Crippen LogP contribution in [-0.2, 0) is 62.2 Å². The van der Waals surface area contributed by atoms with Crippen LogP contribution in [0.5, 0.6) is 0 Å². The summed E-state index contributed by atoms with van der Waals surface area (Å²) < 4.78 is 2.53. The summed E-state index contributed by atoms with van der Waals surface area (Å²) in [6.45, 7) is 8.35. The molecule has 16 heteroatoms. The minimum absolute atomic E-state index is 0. The first-order chi connectivity index (χ1) is 22.5. The zero-order chi connectivity index (χ0) is 35.5. The van der Waals surface area contributed by atoms with E-state index in [1.807, 2.05) is 13.8 Å². The van der Waals surface area contributed by atoms with Crippen LogP contribution in [-0.4, -0.2) is 38.7 Å². The molecule has 1 aliphatic heterocycles. The molecule has 1 aliphatic rings. The average Bonchev–Trinajstić information content (AvgIpc) is 3.60. The van der Waals surface area contributed by atoms with Gasteiger partial charge in [0.05, 0.1) is 27.4 Å². The fourth-order valence-electron chi connectivity index (χ4n) is 3.71. The van der Waals surface area contributed by atoms with Crippen LogP contribution in [0.1, 0.15) is 51.5 Å². The zero-order valence-corrected chi connectivity index (χ0v) is 31.4. The number of hydrogen-bond donors (Lipinski definition) is 2. The SMILES string of the molecule is CC.Cc1csc2c(C)c(C#Cc3ccnc(-c4cc(C(=O)O)cc(C5=CC(C(=O)O)=CC[N-]5)n4)c3)sc12.N#C[S-].N#C[S-].N#C[S-].[Ru+4]. The van der Waals surface area contributed by atoms with Crippen molar-refractivity contribution < 1.29 is 39.3 Å². The molecule has 244 valence electrons. The van der Waals surface area contributed by atoms with Crippen molar-refractivity contribution in [2.45, 2.75) is 27.7 Å².